The van der Waals surface area contributed by atoms with E-state index in [9.17, 15) is 0 Å². The maximum atomic E-state index is 3.87. The maximum absolute atomic E-state index is 3.87. The first-order valence-corrected chi connectivity index (χ1v) is 8.86. The fourth-order valence-corrected chi connectivity index (χ4v) is 4.72. The van der Waals surface area contributed by atoms with Gasteiger partial charge in [0.05, 0.1) is 0 Å². The summed E-state index contributed by atoms with van der Waals surface area (Å²) in [6.07, 6.45) is 3.91. The van der Waals surface area contributed by atoms with E-state index in [4.69, 9.17) is 0 Å². The summed E-state index contributed by atoms with van der Waals surface area (Å²) in [5.41, 5.74) is 0.374. The monoisotopic (exact) mass is 270 g/mol. The van der Waals surface area contributed by atoms with Gasteiger partial charge in [-0.05, 0) is 30.9 Å². The number of piperazine rings is 1. The number of thioether (sulfide) groups is 1. The molecule has 2 atom stereocenters. The van der Waals surface area contributed by atoms with Gasteiger partial charge < -0.3 is 5.32 Å². The Balaban J connectivity index is 2.12. The highest BCUT2D eigenvalue weighted by atomic mass is 32.2. The number of hydrogen-bond donors (Lipinski definition) is 1. The summed E-state index contributed by atoms with van der Waals surface area (Å²) in [5.74, 6) is 3.48. The third-order valence-corrected chi connectivity index (χ3v) is 6.24. The number of hydrogen-bond acceptors (Lipinski definition) is 3. The highest BCUT2D eigenvalue weighted by Crippen LogP contribution is 2.32. The molecule has 2 aliphatic heterocycles. The van der Waals surface area contributed by atoms with Crippen LogP contribution in [0.25, 0.3) is 0 Å². The van der Waals surface area contributed by atoms with Gasteiger partial charge in [-0.15, -0.1) is 0 Å². The largest absolute Gasteiger partial charge is 0.308 e. The molecule has 2 rings (SSSR count). The van der Waals surface area contributed by atoms with Crippen LogP contribution in [0.4, 0.5) is 0 Å². The summed E-state index contributed by atoms with van der Waals surface area (Å²) in [7, 11) is 0. The van der Waals surface area contributed by atoms with Crippen LogP contribution in [-0.2, 0) is 0 Å². The molecule has 0 aromatic heterocycles. The van der Waals surface area contributed by atoms with Crippen LogP contribution in [0.3, 0.4) is 0 Å². The van der Waals surface area contributed by atoms with Crippen molar-refractivity contribution in [2.75, 3.05) is 24.6 Å². The van der Waals surface area contributed by atoms with Gasteiger partial charge >= 0.3 is 0 Å². The van der Waals surface area contributed by atoms with Crippen LogP contribution >= 0.6 is 11.8 Å². The summed E-state index contributed by atoms with van der Waals surface area (Å²) >= 11 is 2.14. The Morgan fingerprint density at radius 3 is 2.56 bits per heavy atom. The summed E-state index contributed by atoms with van der Waals surface area (Å²) in [4.78, 5) is 2.86. The van der Waals surface area contributed by atoms with Crippen molar-refractivity contribution in [3.8, 4) is 0 Å². The standard InChI is InChI=1S/C15H30N2S/c1-5-15(6-2)11-17(13-7-8-18-10-13)14(9-16-15)12(3)4/h12-14,16H,5-11H2,1-4H3. The Kier molecular flexibility index (Phi) is 5.01. The van der Waals surface area contributed by atoms with E-state index < -0.39 is 0 Å². The van der Waals surface area contributed by atoms with Crippen molar-refractivity contribution < 1.29 is 0 Å². The lowest BCUT2D eigenvalue weighted by Gasteiger charge is -2.51. The summed E-state index contributed by atoms with van der Waals surface area (Å²) < 4.78 is 0. The molecule has 2 unspecified atom stereocenters. The average Bonchev–Trinajstić information content (AvgIpc) is 2.91. The molecule has 0 spiro atoms. The lowest BCUT2D eigenvalue weighted by Crippen LogP contribution is -2.67. The quantitative estimate of drug-likeness (QED) is 0.845. The fourth-order valence-electron chi connectivity index (χ4n) is 3.49. The molecular weight excluding hydrogens is 240 g/mol. The van der Waals surface area contributed by atoms with Crippen molar-refractivity contribution >= 4 is 11.8 Å². The van der Waals surface area contributed by atoms with Gasteiger partial charge in [0.2, 0.25) is 0 Å². The molecule has 1 N–H and O–H groups in total. The van der Waals surface area contributed by atoms with Gasteiger partial charge in [0, 0.05) is 36.5 Å². The zero-order chi connectivity index (χ0) is 13.2. The lowest BCUT2D eigenvalue weighted by atomic mass is 9.85. The zero-order valence-electron chi connectivity index (χ0n) is 12.5. The van der Waals surface area contributed by atoms with E-state index in [2.05, 4.69) is 49.7 Å². The minimum Gasteiger partial charge on any atom is -0.308 e. The molecule has 106 valence electrons. The van der Waals surface area contributed by atoms with Gasteiger partial charge in [-0.25, -0.2) is 0 Å². The smallest absolute Gasteiger partial charge is 0.0304 e. The van der Waals surface area contributed by atoms with E-state index in [1.807, 2.05) is 0 Å². The van der Waals surface area contributed by atoms with Crippen LogP contribution in [0.2, 0.25) is 0 Å². The van der Waals surface area contributed by atoms with Gasteiger partial charge in [0.15, 0.2) is 0 Å². The number of nitrogens with one attached hydrogen (secondary N) is 1. The number of nitrogens with zero attached hydrogens (tertiary/aromatic N) is 1. The predicted molar refractivity (Wildman–Crippen MR) is 82.4 cm³/mol. The van der Waals surface area contributed by atoms with Crippen molar-refractivity contribution in [1.29, 1.82) is 0 Å². The Morgan fingerprint density at radius 2 is 2.06 bits per heavy atom. The van der Waals surface area contributed by atoms with Crippen molar-refractivity contribution in [3.05, 3.63) is 0 Å². The summed E-state index contributed by atoms with van der Waals surface area (Å²) in [5, 5.41) is 3.87. The highest BCUT2D eigenvalue weighted by Gasteiger charge is 2.41. The van der Waals surface area contributed by atoms with Gasteiger partial charge in [-0.1, -0.05) is 27.7 Å². The third-order valence-electron chi connectivity index (χ3n) is 5.10. The van der Waals surface area contributed by atoms with Crippen LogP contribution in [0, 0.1) is 5.92 Å². The minimum absolute atomic E-state index is 0.374. The first-order valence-electron chi connectivity index (χ1n) is 7.70. The second-order valence-electron chi connectivity index (χ2n) is 6.37. The summed E-state index contributed by atoms with van der Waals surface area (Å²) in [6, 6.07) is 1.57. The molecule has 3 heteroatoms. The summed E-state index contributed by atoms with van der Waals surface area (Å²) in [6.45, 7) is 11.9. The van der Waals surface area contributed by atoms with E-state index in [-0.39, 0.29) is 0 Å². The fraction of sp³-hybridized carbons (Fsp3) is 1.00. The second kappa shape index (κ2) is 6.15. The van der Waals surface area contributed by atoms with Crippen LogP contribution in [0.15, 0.2) is 0 Å². The third kappa shape index (κ3) is 2.88. The Labute approximate surface area is 117 Å². The molecule has 0 radical (unpaired) electrons. The Hall–Kier alpha value is 0.270. The van der Waals surface area contributed by atoms with Gasteiger partial charge in [-0.3, -0.25) is 4.90 Å². The SMILES string of the molecule is CCC1(CC)CN(C2CCSC2)C(C(C)C)CN1. The lowest BCUT2D eigenvalue weighted by molar-refractivity contribution is 0.0243. The normalized spacial score (nSPS) is 33.2. The molecule has 18 heavy (non-hydrogen) atoms. The molecule has 2 saturated heterocycles. The molecule has 0 amide bonds. The molecule has 0 aromatic carbocycles. The molecule has 0 bridgehead atoms. The highest BCUT2D eigenvalue weighted by molar-refractivity contribution is 7.99. The van der Waals surface area contributed by atoms with Crippen LogP contribution in [0.5, 0.6) is 0 Å². The van der Waals surface area contributed by atoms with Crippen molar-refractivity contribution in [3.63, 3.8) is 0 Å². The van der Waals surface area contributed by atoms with Crippen molar-refractivity contribution in [2.24, 2.45) is 5.92 Å². The maximum Gasteiger partial charge on any atom is 0.0304 e. The molecule has 2 aliphatic rings. The predicted octanol–water partition coefficient (Wildman–Crippen LogP) is 2.98. The zero-order valence-corrected chi connectivity index (χ0v) is 13.4. The molecular formula is C15H30N2S. The topological polar surface area (TPSA) is 15.3 Å². The molecule has 0 saturated carbocycles. The second-order valence-corrected chi connectivity index (χ2v) is 7.52. The number of rotatable bonds is 4. The first kappa shape index (κ1) is 14.7. The van der Waals surface area contributed by atoms with E-state index in [1.165, 1.54) is 43.9 Å². The van der Waals surface area contributed by atoms with Crippen LogP contribution in [-0.4, -0.2) is 47.1 Å². The molecule has 2 heterocycles. The van der Waals surface area contributed by atoms with E-state index in [1.54, 1.807) is 0 Å². The van der Waals surface area contributed by atoms with E-state index >= 15 is 0 Å². The van der Waals surface area contributed by atoms with Crippen molar-refractivity contribution in [1.82, 2.24) is 10.2 Å². The minimum atomic E-state index is 0.374. The average molecular weight is 270 g/mol. The van der Waals surface area contributed by atoms with E-state index in [0.717, 1.165) is 18.0 Å². The van der Waals surface area contributed by atoms with Crippen molar-refractivity contribution in [2.45, 2.75) is 64.6 Å². The molecule has 0 aromatic rings. The van der Waals surface area contributed by atoms with E-state index in [0.29, 0.717) is 5.54 Å². The van der Waals surface area contributed by atoms with Gasteiger partial charge in [0.1, 0.15) is 0 Å². The van der Waals surface area contributed by atoms with Crippen LogP contribution < -0.4 is 5.32 Å². The first-order chi connectivity index (χ1) is 8.62. The Bertz CT molecular complexity index is 257. The molecule has 2 nitrogen and oxygen atoms in total. The Morgan fingerprint density at radius 1 is 1.33 bits per heavy atom. The van der Waals surface area contributed by atoms with Crippen LogP contribution in [0.1, 0.15) is 47.0 Å². The van der Waals surface area contributed by atoms with Gasteiger partial charge in [0.25, 0.3) is 0 Å². The van der Waals surface area contributed by atoms with Gasteiger partial charge in [-0.2, -0.15) is 11.8 Å². The molecule has 0 aliphatic carbocycles. The molecule has 2 fully saturated rings.